The third kappa shape index (κ3) is 8.54. The number of benzene rings is 3. The number of rotatable bonds is 11. The fraction of sp³-hybridized carbons (Fsp3) is 0.383. The number of imide groups is 1. The first-order chi connectivity index (χ1) is 31.5. The number of anilines is 3. The summed E-state index contributed by atoms with van der Waals surface area (Å²) in [5.74, 6) is -1.86. The molecule has 2 N–H and O–H groups in total. The molecule has 2 aromatic heterocycles. The number of nitrogens with one attached hydrogen (secondary N) is 2. The zero-order valence-electron chi connectivity index (χ0n) is 35.5. The average Bonchev–Trinajstić information content (AvgIpc) is 4.14. The van der Waals surface area contributed by atoms with Gasteiger partial charge in [-0.25, -0.2) is 18.7 Å². The highest BCUT2D eigenvalue weighted by atomic mass is 32.1. The van der Waals surface area contributed by atoms with E-state index in [1.165, 1.54) is 22.3 Å². The third-order valence-electron chi connectivity index (χ3n) is 13.3. The first-order valence-corrected chi connectivity index (χ1v) is 22.9. The van der Waals surface area contributed by atoms with E-state index in [0.717, 1.165) is 42.0 Å². The summed E-state index contributed by atoms with van der Waals surface area (Å²) in [5.41, 5.74) is 3.30. The quantitative estimate of drug-likeness (QED) is 0.158. The van der Waals surface area contributed by atoms with Crippen LogP contribution in [0.15, 0.2) is 78.6 Å². The van der Waals surface area contributed by atoms with Crippen LogP contribution in [-0.4, -0.2) is 105 Å². The lowest BCUT2D eigenvalue weighted by Crippen LogP contribution is -2.51. The largest absolute Gasteiger partial charge is 0.481 e. The van der Waals surface area contributed by atoms with Gasteiger partial charge >= 0.3 is 0 Å². The normalized spacial score (nSPS) is 19.8. The van der Waals surface area contributed by atoms with Gasteiger partial charge in [0.05, 0.1) is 25.0 Å². The number of thiazole rings is 1. The topological polar surface area (TPSA) is 162 Å². The Morgan fingerprint density at radius 1 is 0.892 bits per heavy atom. The van der Waals surface area contributed by atoms with Gasteiger partial charge < -0.3 is 28.9 Å². The minimum Gasteiger partial charge on any atom is -0.481 e. The van der Waals surface area contributed by atoms with E-state index in [2.05, 4.69) is 30.4 Å². The average molecular weight is 904 g/mol. The Balaban J connectivity index is 0.731. The van der Waals surface area contributed by atoms with Gasteiger partial charge in [0.15, 0.2) is 17.3 Å². The fourth-order valence-electron chi connectivity index (χ4n) is 9.66. The van der Waals surface area contributed by atoms with Crippen molar-refractivity contribution in [3.63, 3.8) is 0 Å². The number of imidazole rings is 1. The molecule has 5 amide bonds. The highest BCUT2D eigenvalue weighted by Gasteiger charge is 2.43. The molecule has 15 nitrogen and oxygen atoms in total. The van der Waals surface area contributed by atoms with Gasteiger partial charge in [-0.3, -0.25) is 34.6 Å². The monoisotopic (exact) mass is 903 g/mol. The van der Waals surface area contributed by atoms with Crippen LogP contribution < -0.4 is 25.2 Å². The molecule has 1 unspecified atom stereocenters. The van der Waals surface area contributed by atoms with Gasteiger partial charge in [0.1, 0.15) is 17.2 Å². The van der Waals surface area contributed by atoms with Crippen molar-refractivity contribution in [1.29, 1.82) is 0 Å². The second kappa shape index (κ2) is 17.4. The minimum absolute atomic E-state index is 0.0789. The Morgan fingerprint density at radius 2 is 1.62 bits per heavy atom. The van der Waals surface area contributed by atoms with Crippen molar-refractivity contribution < 1.29 is 37.5 Å². The van der Waals surface area contributed by atoms with E-state index in [0.29, 0.717) is 67.8 Å². The Hall–Kier alpha value is -6.69. The SMILES string of the molecule is O=C1CC[C@H](Oc2ccc(N3CCC(F)(CC(=O)N4CCN(c5ccc(-c6cc(F)c7c(c6)C(=O)N(C(C(=O)Nc6nccs6)c6ncn8c6CCC8)C7)cc5)CC4)CC3)cc2)C(=O)N1. The van der Waals surface area contributed by atoms with Crippen molar-refractivity contribution in [2.45, 2.75) is 75.8 Å². The van der Waals surface area contributed by atoms with E-state index in [1.54, 1.807) is 41.0 Å². The molecule has 0 aliphatic carbocycles. The number of alkyl halides is 1. The smallest absolute Gasteiger partial charge is 0.267 e. The Bertz CT molecular complexity index is 2640. The summed E-state index contributed by atoms with van der Waals surface area (Å²) >= 11 is 1.27. The van der Waals surface area contributed by atoms with E-state index < -0.39 is 41.4 Å². The molecular weight excluding hydrogens is 857 g/mol. The van der Waals surface area contributed by atoms with Crippen LogP contribution in [0.1, 0.15) is 71.9 Å². The standard InChI is InChI=1S/C47H47F2N9O6S/c48-36-25-30(24-34-35(36)27-58(45(34)63)42(44(62)53-46-50-15-23-65-46)41-37-2-1-16-57(37)28-51-41)29-3-5-31(6-4-29)55-19-21-56(22-20-55)40(60)26-47(49)13-17-54(18-14-47)32-7-9-33(10-8-32)64-38-11-12-39(59)52-43(38)61/h3-10,15,23-25,28,38,42H,1-2,11-14,16-22,26-27H2,(H,50,53,62)(H,52,59,61)/t38-,42?/m0/s1. The van der Waals surface area contributed by atoms with Gasteiger partial charge in [-0.15, -0.1) is 11.3 Å². The Labute approximate surface area is 377 Å². The molecule has 3 fully saturated rings. The third-order valence-corrected chi connectivity index (χ3v) is 14.0. The molecule has 65 heavy (non-hydrogen) atoms. The van der Waals surface area contributed by atoms with Crippen molar-refractivity contribution in [1.82, 2.24) is 29.7 Å². The molecule has 10 rings (SSSR count). The van der Waals surface area contributed by atoms with E-state index >= 15 is 8.78 Å². The van der Waals surface area contributed by atoms with Crippen LogP contribution in [0.2, 0.25) is 0 Å². The summed E-state index contributed by atoms with van der Waals surface area (Å²) in [5, 5.41) is 7.26. The molecule has 18 heteroatoms. The molecule has 7 heterocycles. The number of halogens is 2. The number of carbonyl (C=O) groups is 5. The zero-order valence-corrected chi connectivity index (χ0v) is 36.3. The molecule has 336 valence electrons. The number of nitrogens with zero attached hydrogens (tertiary/aromatic N) is 7. The molecule has 0 spiro atoms. The second-order valence-electron chi connectivity index (χ2n) is 17.3. The van der Waals surface area contributed by atoms with E-state index in [4.69, 9.17) is 4.74 Å². The number of carbonyl (C=O) groups excluding carboxylic acids is 5. The van der Waals surface area contributed by atoms with Gasteiger partial charge in [0.2, 0.25) is 11.8 Å². The number of aromatic nitrogens is 3. The van der Waals surface area contributed by atoms with Crippen molar-refractivity contribution in [3.05, 3.63) is 107 Å². The van der Waals surface area contributed by atoms with Crippen LogP contribution in [-0.2, 0) is 38.7 Å². The van der Waals surface area contributed by atoms with Crippen LogP contribution in [0.5, 0.6) is 5.75 Å². The van der Waals surface area contributed by atoms with Crippen LogP contribution in [0, 0.1) is 5.82 Å². The van der Waals surface area contributed by atoms with E-state index in [-0.39, 0.29) is 55.2 Å². The molecule has 3 saturated heterocycles. The second-order valence-corrected chi connectivity index (χ2v) is 18.2. The lowest BCUT2D eigenvalue weighted by Gasteiger charge is -2.40. The lowest BCUT2D eigenvalue weighted by molar-refractivity contribution is -0.139. The van der Waals surface area contributed by atoms with Crippen LogP contribution in [0.25, 0.3) is 11.1 Å². The molecule has 5 aliphatic rings. The van der Waals surface area contributed by atoms with Crippen molar-refractivity contribution >= 4 is 57.4 Å². The maximum atomic E-state index is 16.1. The predicted molar refractivity (Wildman–Crippen MR) is 238 cm³/mol. The number of hydrogen-bond acceptors (Lipinski definition) is 11. The summed E-state index contributed by atoms with van der Waals surface area (Å²) in [6.07, 6.45) is 5.01. The first kappa shape index (κ1) is 42.3. The fourth-order valence-corrected chi connectivity index (χ4v) is 10.2. The van der Waals surface area contributed by atoms with Crippen LogP contribution in [0.3, 0.4) is 0 Å². The number of aryl methyl sites for hydroxylation is 1. The highest BCUT2D eigenvalue weighted by molar-refractivity contribution is 7.13. The highest BCUT2D eigenvalue weighted by Crippen LogP contribution is 2.39. The van der Waals surface area contributed by atoms with Crippen molar-refractivity contribution in [3.8, 4) is 16.9 Å². The maximum absolute atomic E-state index is 16.1. The Kier molecular flexibility index (Phi) is 11.3. The van der Waals surface area contributed by atoms with Gasteiger partial charge in [0.25, 0.3) is 17.7 Å². The molecule has 0 bridgehead atoms. The molecule has 0 saturated carbocycles. The van der Waals surface area contributed by atoms with Gasteiger partial charge in [-0.2, -0.15) is 0 Å². The minimum atomic E-state index is -1.60. The summed E-state index contributed by atoms with van der Waals surface area (Å²) < 4.78 is 39.8. The number of piperazine rings is 1. The predicted octanol–water partition coefficient (Wildman–Crippen LogP) is 5.66. The number of piperidine rings is 2. The number of fused-ring (bicyclic) bond motifs is 2. The lowest BCUT2D eigenvalue weighted by atomic mass is 9.89. The summed E-state index contributed by atoms with van der Waals surface area (Å²) in [4.78, 5) is 81.0. The molecule has 5 aliphatic heterocycles. The van der Waals surface area contributed by atoms with Gasteiger partial charge in [-0.05, 0) is 85.3 Å². The maximum Gasteiger partial charge on any atom is 0.267 e. The zero-order chi connectivity index (χ0) is 44.8. The number of amides is 5. The number of ether oxygens (including phenoxy) is 1. The van der Waals surface area contributed by atoms with Crippen molar-refractivity contribution in [2.24, 2.45) is 0 Å². The van der Waals surface area contributed by atoms with E-state index in [9.17, 15) is 24.0 Å². The van der Waals surface area contributed by atoms with Gasteiger partial charge in [-0.1, -0.05) is 12.1 Å². The van der Waals surface area contributed by atoms with E-state index in [1.807, 2.05) is 41.0 Å². The van der Waals surface area contributed by atoms with Gasteiger partial charge in [0, 0.05) is 98.4 Å². The number of hydrogen-bond donors (Lipinski definition) is 2. The molecule has 2 atom stereocenters. The molecule has 5 aromatic rings. The molecule has 0 radical (unpaired) electrons. The first-order valence-electron chi connectivity index (χ1n) is 22.0. The van der Waals surface area contributed by atoms with Crippen LogP contribution in [0.4, 0.5) is 25.3 Å². The summed E-state index contributed by atoms with van der Waals surface area (Å²) in [6, 6.07) is 16.9. The Morgan fingerprint density at radius 3 is 2.32 bits per heavy atom. The van der Waals surface area contributed by atoms with Crippen LogP contribution >= 0.6 is 11.3 Å². The summed E-state index contributed by atoms with van der Waals surface area (Å²) in [6.45, 7) is 3.65. The molecular formula is C47H47F2N9O6S. The summed E-state index contributed by atoms with van der Waals surface area (Å²) in [7, 11) is 0. The van der Waals surface area contributed by atoms with Crippen molar-refractivity contribution in [2.75, 3.05) is 54.4 Å². The molecule has 3 aromatic carbocycles.